The number of rotatable bonds is 1. The number of carbonyl (C=O) groups is 1. The Morgan fingerprint density at radius 3 is 2.69 bits per heavy atom. The molecule has 2 heterocycles. The van der Waals surface area contributed by atoms with Crippen LogP contribution in [0.5, 0.6) is 0 Å². The molecule has 1 saturated heterocycles. The number of aromatic nitrogens is 2. The first-order valence-corrected chi connectivity index (χ1v) is 5.07. The van der Waals surface area contributed by atoms with Crippen LogP contribution in [0.2, 0.25) is 0 Å². The molecule has 1 aromatic rings. The van der Waals surface area contributed by atoms with Crippen molar-refractivity contribution in [2.75, 3.05) is 13.1 Å². The second kappa shape index (κ2) is 4.69. The average molecular weight is 220 g/mol. The maximum atomic E-state index is 12.0. The number of piperidine rings is 1. The number of nitrogens with zero attached hydrogens (tertiary/aromatic N) is 4. The third-order valence-corrected chi connectivity index (χ3v) is 2.60. The van der Waals surface area contributed by atoms with Gasteiger partial charge in [-0.1, -0.05) is 5.16 Å². The largest absolute Gasteiger partial charge is 0.411 e. The Bertz CT molecular complexity index is 395. The molecule has 6 nitrogen and oxygen atoms in total. The second-order valence-corrected chi connectivity index (χ2v) is 3.59. The van der Waals surface area contributed by atoms with Gasteiger partial charge in [0, 0.05) is 25.9 Å². The Labute approximate surface area is 92.6 Å². The predicted octanol–water partition coefficient (Wildman–Crippen LogP) is 0.543. The van der Waals surface area contributed by atoms with Crippen molar-refractivity contribution in [3.05, 3.63) is 24.0 Å². The summed E-state index contributed by atoms with van der Waals surface area (Å²) in [5.41, 5.74) is 1.29. The van der Waals surface area contributed by atoms with Gasteiger partial charge in [-0.25, -0.2) is 0 Å². The minimum atomic E-state index is -0.0492. The van der Waals surface area contributed by atoms with Crippen LogP contribution in [-0.2, 0) is 0 Å². The molecule has 1 N–H and O–H groups in total. The molecule has 0 aromatic carbocycles. The minimum absolute atomic E-state index is 0.0492. The maximum Gasteiger partial charge on any atom is 0.255 e. The molecule has 16 heavy (non-hydrogen) atoms. The lowest BCUT2D eigenvalue weighted by molar-refractivity contribution is 0.0753. The highest BCUT2D eigenvalue weighted by atomic mass is 16.4. The SMILES string of the molecule is O=C(c1ccnnc1)N1CCC(=NO)CC1. The normalized spacial score (nSPS) is 16.0. The number of likely N-dealkylation sites (tertiary alicyclic amines) is 1. The van der Waals surface area contributed by atoms with E-state index >= 15 is 0 Å². The van der Waals surface area contributed by atoms with E-state index in [0.29, 0.717) is 31.5 Å². The summed E-state index contributed by atoms with van der Waals surface area (Å²) in [4.78, 5) is 13.7. The Morgan fingerprint density at radius 2 is 2.12 bits per heavy atom. The van der Waals surface area contributed by atoms with Crippen LogP contribution in [0.3, 0.4) is 0 Å². The van der Waals surface area contributed by atoms with Crippen LogP contribution >= 0.6 is 0 Å². The van der Waals surface area contributed by atoms with Gasteiger partial charge < -0.3 is 10.1 Å². The number of oxime groups is 1. The van der Waals surface area contributed by atoms with Crippen LogP contribution in [0.4, 0.5) is 0 Å². The molecular weight excluding hydrogens is 208 g/mol. The van der Waals surface area contributed by atoms with Crippen LogP contribution in [0.25, 0.3) is 0 Å². The highest BCUT2D eigenvalue weighted by Crippen LogP contribution is 2.10. The summed E-state index contributed by atoms with van der Waals surface area (Å²) in [7, 11) is 0. The summed E-state index contributed by atoms with van der Waals surface area (Å²) in [6.45, 7) is 1.17. The molecule has 1 amide bonds. The zero-order chi connectivity index (χ0) is 11.4. The molecule has 6 heteroatoms. The van der Waals surface area contributed by atoms with Crippen molar-refractivity contribution in [1.82, 2.24) is 15.1 Å². The lowest BCUT2D eigenvalue weighted by Crippen LogP contribution is -2.38. The van der Waals surface area contributed by atoms with E-state index in [1.807, 2.05) is 0 Å². The summed E-state index contributed by atoms with van der Waals surface area (Å²) in [6, 6.07) is 1.64. The molecule has 84 valence electrons. The lowest BCUT2D eigenvalue weighted by Gasteiger charge is -2.26. The standard InChI is InChI=1S/C10H12N4O2/c15-10(8-1-4-11-12-7-8)14-5-2-9(13-16)3-6-14/h1,4,7,16H,2-3,5-6H2. The van der Waals surface area contributed by atoms with Gasteiger partial charge in [0.2, 0.25) is 0 Å². The van der Waals surface area contributed by atoms with Gasteiger partial charge in [-0.15, -0.1) is 0 Å². The molecule has 0 saturated carbocycles. The summed E-state index contributed by atoms with van der Waals surface area (Å²) in [5, 5.41) is 19.1. The van der Waals surface area contributed by atoms with E-state index in [0.717, 1.165) is 5.71 Å². The molecular formula is C10H12N4O2. The molecule has 2 rings (SSSR count). The van der Waals surface area contributed by atoms with E-state index in [1.165, 1.54) is 12.4 Å². The van der Waals surface area contributed by atoms with Gasteiger partial charge in [0.25, 0.3) is 5.91 Å². The van der Waals surface area contributed by atoms with Gasteiger partial charge in [0.15, 0.2) is 0 Å². The summed E-state index contributed by atoms with van der Waals surface area (Å²) >= 11 is 0. The number of carbonyl (C=O) groups excluding carboxylic acids is 1. The topological polar surface area (TPSA) is 78.7 Å². The van der Waals surface area contributed by atoms with Crippen molar-refractivity contribution in [3.8, 4) is 0 Å². The van der Waals surface area contributed by atoms with Crippen LogP contribution in [0, 0.1) is 0 Å². The first-order chi connectivity index (χ1) is 7.81. The third kappa shape index (κ3) is 2.16. The molecule has 0 bridgehead atoms. The van der Waals surface area contributed by atoms with Crippen molar-refractivity contribution in [2.45, 2.75) is 12.8 Å². The average Bonchev–Trinajstić information content (AvgIpc) is 2.39. The Balaban J connectivity index is 2.02. The quantitative estimate of drug-likeness (QED) is 0.553. The van der Waals surface area contributed by atoms with Gasteiger partial charge >= 0.3 is 0 Å². The molecule has 0 radical (unpaired) electrons. The van der Waals surface area contributed by atoms with Crippen molar-refractivity contribution < 1.29 is 10.0 Å². The zero-order valence-electron chi connectivity index (χ0n) is 8.70. The fourth-order valence-electron chi connectivity index (χ4n) is 1.67. The van der Waals surface area contributed by atoms with Crippen molar-refractivity contribution in [1.29, 1.82) is 0 Å². The van der Waals surface area contributed by atoms with Crippen LogP contribution < -0.4 is 0 Å². The minimum Gasteiger partial charge on any atom is -0.411 e. The van der Waals surface area contributed by atoms with Crippen LogP contribution in [0.1, 0.15) is 23.2 Å². The van der Waals surface area contributed by atoms with Gasteiger partial charge in [-0.3, -0.25) is 4.79 Å². The van der Waals surface area contributed by atoms with E-state index < -0.39 is 0 Å². The van der Waals surface area contributed by atoms with E-state index in [9.17, 15) is 4.79 Å². The van der Waals surface area contributed by atoms with E-state index in [1.54, 1.807) is 11.0 Å². The molecule has 1 fully saturated rings. The zero-order valence-corrected chi connectivity index (χ0v) is 8.70. The first-order valence-electron chi connectivity index (χ1n) is 5.07. The summed E-state index contributed by atoms with van der Waals surface area (Å²) < 4.78 is 0. The van der Waals surface area contributed by atoms with Crippen LogP contribution in [0.15, 0.2) is 23.6 Å². The van der Waals surface area contributed by atoms with Gasteiger partial charge in [-0.2, -0.15) is 10.2 Å². The predicted molar refractivity (Wildman–Crippen MR) is 56.4 cm³/mol. The molecule has 1 aromatic heterocycles. The van der Waals surface area contributed by atoms with E-state index in [-0.39, 0.29) is 5.91 Å². The maximum absolute atomic E-state index is 12.0. The molecule has 1 aliphatic rings. The molecule has 1 aliphatic heterocycles. The monoisotopic (exact) mass is 220 g/mol. The molecule has 0 aliphatic carbocycles. The first kappa shape index (κ1) is 10.5. The molecule has 0 atom stereocenters. The van der Waals surface area contributed by atoms with E-state index in [4.69, 9.17) is 5.21 Å². The molecule has 0 spiro atoms. The third-order valence-electron chi connectivity index (χ3n) is 2.60. The highest BCUT2D eigenvalue weighted by molar-refractivity contribution is 5.95. The summed E-state index contributed by atoms with van der Waals surface area (Å²) in [5.74, 6) is -0.0492. The fourth-order valence-corrected chi connectivity index (χ4v) is 1.67. The number of hydrogen-bond donors (Lipinski definition) is 1. The second-order valence-electron chi connectivity index (χ2n) is 3.59. The summed E-state index contributed by atoms with van der Waals surface area (Å²) in [6.07, 6.45) is 4.21. The van der Waals surface area contributed by atoms with Crippen LogP contribution in [-0.4, -0.2) is 45.0 Å². The van der Waals surface area contributed by atoms with Gasteiger partial charge in [-0.05, 0) is 6.07 Å². The Hall–Kier alpha value is -1.98. The Morgan fingerprint density at radius 1 is 1.38 bits per heavy atom. The fraction of sp³-hybridized carbons (Fsp3) is 0.400. The smallest absolute Gasteiger partial charge is 0.255 e. The lowest BCUT2D eigenvalue weighted by atomic mass is 10.1. The van der Waals surface area contributed by atoms with Crippen molar-refractivity contribution >= 4 is 11.6 Å². The van der Waals surface area contributed by atoms with Gasteiger partial charge in [0.05, 0.1) is 23.7 Å². The van der Waals surface area contributed by atoms with Crippen molar-refractivity contribution in [2.24, 2.45) is 5.16 Å². The highest BCUT2D eigenvalue weighted by Gasteiger charge is 2.21. The van der Waals surface area contributed by atoms with Crippen molar-refractivity contribution in [3.63, 3.8) is 0 Å². The Kier molecular flexibility index (Phi) is 3.09. The molecule has 0 unspecified atom stereocenters. The van der Waals surface area contributed by atoms with E-state index in [2.05, 4.69) is 15.4 Å². The number of hydrogen-bond acceptors (Lipinski definition) is 5. The van der Waals surface area contributed by atoms with Gasteiger partial charge in [0.1, 0.15) is 0 Å². The number of amides is 1.